The van der Waals surface area contributed by atoms with Crippen molar-refractivity contribution >= 4 is 50.9 Å². The number of pyridine rings is 1. The molecule has 2 aromatic heterocycles. The van der Waals surface area contributed by atoms with E-state index in [1.54, 1.807) is 36.6 Å². The van der Waals surface area contributed by atoms with E-state index in [2.05, 4.69) is 38.5 Å². The molecule has 4 aromatic rings. The van der Waals surface area contributed by atoms with Crippen molar-refractivity contribution in [3.8, 4) is 5.75 Å². The highest BCUT2D eigenvalue weighted by atomic mass is 35.5. The van der Waals surface area contributed by atoms with Gasteiger partial charge >= 0.3 is 0 Å². The molecule has 4 rings (SSSR count). The molecule has 0 saturated carbocycles. The van der Waals surface area contributed by atoms with Crippen molar-refractivity contribution in [3.63, 3.8) is 0 Å². The van der Waals surface area contributed by atoms with E-state index in [1.807, 2.05) is 35.8 Å². The van der Waals surface area contributed by atoms with E-state index >= 15 is 0 Å². The summed E-state index contributed by atoms with van der Waals surface area (Å²) in [6, 6.07) is 16.0. The summed E-state index contributed by atoms with van der Waals surface area (Å²) in [7, 11) is 1.67. The van der Waals surface area contributed by atoms with Crippen LogP contribution in [0, 0.1) is 0 Å². The Hall–Kier alpha value is -2.28. The SMILES string of the molecule is COc1ccc(CN(Sc2ccc3c(Cl)ccnc3c2)c2nccs2)cc1. The van der Waals surface area contributed by atoms with Crippen LogP contribution in [-0.2, 0) is 6.54 Å². The molecule has 0 aliphatic rings. The van der Waals surface area contributed by atoms with Gasteiger partial charge in [0.2, 0.25) is 0 Å². The van der Waals surface area contributed by atoms with Gasteiger partial charge in [0.15, 0.2) is 5.13 Å². The van der Waals surface area contributed by atoms with Gasteiger partial charge in [0, 0.05) is 28.1 Å². The number of rotatable bonds is 6. The number of methoxy groups -OCH3 is 1. The maximum Gasteiger partial charge on any atom is 0.195 e. The summed E-state index contributed by atoms with van der Waals surface area (Å²) in [4.78, 5) is 10.00. The molecule has 0 aliphatic carbocycles. The maximum absolute atomic E-state index is 6.25. The molecule has 27 heavy (non-hydrogen) atoms. The number of aromatic nitrogens is 2. The predicted octanol–water partition coefficient (Wildman–Crippen LogP) is 6.07. The fourth-order valence-electron chi connectivity index (χ4n) is 2.65. The second-order valence-corrected chi connectivity index (χ2v) is 8.14. The summed E-state index contributed by atoms with van der Waals surface area (Å²) >= 11 is 9.51. The number of thiazole rings is 1. The van der Waals surface area contributed by atoms with Gasteiger partial charge in [-0.25, -0.2) is 4.98 Å². The van der Waals surface area contributed by atoms with Crippen LogP contribution in [0.1, 0.15) is 5.56 Å². The van der Waals surface area contributed by atoms with Gasteiger partial charge in [-0.1, -0.05) is 29.8 Å². The molecule has 0 aliphatic heterocycles. The highest BCUT2D eigenvalue weighted by Crippen LogP contribution is 2.34. The van der Waals surface area contributed by atoms with Crippen molar-refractivity contribution in [3.05, 3.63) is 76.9 Å². The van der Waals surface area contributed by atoms with Gasteiger partial charge in [0.1, 0.15) is 5.75 Å². The Morgan fingerprint density at radius 3 is 2.67 bits per heavy atom. The molecule has 7 heteroatoms. The number of hydrogen-bond donors (Lipinski definition) is 0. The molecule has 136 valence electrons. The van der Waals surface area contributed by atoms with Crippen LogP contribution < -0.4 is 9.04 Å². The highest BCUT2D eigenvalue weighted by molar-refractivity contribution is 8.00. The molecular weight excluding hydrogens is 398 g/mol. The van der Waals surface area contributed by atoms with Crippen molar-refractivity contribution in [1.29, 1.82) is 0 Å². The standard InChI is InChI=1S/C20H16ClN3OS2/c1-25-15-4-2-14(3-5-15)13-24(20-23-10-11-26-20)27-16-6-7-17-18(21)8-9-22-19(17)12-16/h2-12H,13H2,1H3. The molecule has 0 fully saturated rings. The predicted molar refractivity (Wildman–Crippen MR) is 114 cm³/mol. The van der Waals surface area contributed by atoms with Crippen LogP contribution in [0.5, 0.6) is 5.75 Å². The van der Waals surface area contributed by atoms with Crippen molar-refractivity contribution in [2.45, 2.75) is 11.4 Å². The molecule has 0 amide bonds. The van der Waals surface area contributed by atoms with Gasteiger partial charge in [-0.15, -0.1) is 11.3 Å². The average Bonchev–Trinajstić information content (AvgIpc) is 3.23. The van der Waals surface area contributed by atoms with Crippen molar-refractivity contribution < 1.29 is 4.74 Å². The molecule has 0 spiro atoms. The fraction of sp³-hybridized carbons (Fsp3) is 0.100. The van der Waals surface area contributed by atoms with Crippen LogP contribution >= 0.6 is 34.9 Å². The van der Waals surface area contributed by atoms with Crippen LogP contribution in [-0.4, -0.2) is 17.1 Å². The molecule has 0 unspecified atom stereocenters. The van der Waals surface area contributed by atoms with Crippen molar-refractivity contribution in [2.24, 2.45) is 0 Å². The zero-order valence-corrected chi connectivity index (χ0v) is 16.9. The molecule has 0 bridgehead atoms. The smallest absolute Gasteiger partial charge is 0.195 e. The Balaban J connectivity index is 1.61. The first-order valence-corrected chi connectivity index (χ1v) is 10.3. The first-order valence-electron chi connectivity index (χ1n) is 8.25. The van der Waals surface area contributed by atoms with Crippen molar-refractivity contribution in [2.75, 3.05) is 11.4 Å². The Bertz CT molecular complexity index is 1040. The Kier molecular flexibility index (Phi) is 5.48. The third-order valence-corrected chi connectivity index (χ3v) is 6.22. The zero-order chi connectivity index (χ0) is 18.6. The molecule has 2 heterocycles. The summed E-state index contributed by atoms with van der Waals surface area (Å²) in [5.41, 5.74) is 2.07. The van der Waals surface area contributed by atoms with Gasteiger partial charge in [-0.3, -0.25) is 9.29 Å². The molecule has 0 radical (unpaired) electrons. The van der Waals surface area contributed by atoms with Crippen LogP contribution in [0.25, 0.3) is 10.9 Å². The number of fused-ring (bicyclic) bond motifs is 1. The van der Waals surface area contributed by atoms with E-state index in [0.717, 1.165) is 33.2 Å². The van der Waals surface area contributed by atoms with E-state index in [1.165, 1.54) is 5.56 Å². The monoisotopic (exact) mass is 413 g/mol. The Morgan fingerprint density at radius 2 is 1.93 bits per heavy atom. The summed E-state index contributed by atoms with van der Waals surface area (Å²) < 4.78 is 7.42. The lowest BCUT2D eigenvalue weighted by molar-refractivity contribution is 0.414. The van der Waals surface area contributed by atoms with Gasteiger partial charge in [0.05, 0.1) is 24.2 Å². The third-order valence-electron chi connectivity index (χ3n) is 3.99. The second kappa shape index (κ2) is 8.17. The summed E-state index contributed by atoms with van der Waals surface area (Å²) in [6.45, 7) is 0.725. The lowest BCUT2D eigenvalue weighted by Gasteiger charge is -2.21. The lowest BCUT2D eigenvalue weighted by atomic mass is 10.2. The van der Waals surface area contributed by atoms with E-state index < -0.39 is 0 Å². The summed E-state index contributed by atoms with van der Waals surface area (Å²) in [5, 5.41) is 4.61. The zero-order valence-electron chi connectivity index (χ0n) is 14.5. The van der Waals surface area contributed by atoms with Gasteiger partial charge < -0.3 is 4.74 Å². The molecule has 0 saturated heterocycles. The molecule has 0 atom stereocenters. The summed E-state index contributed by atoms with van der Waals surface area (Å²) in [5.74, 6) is 0.852. The van der Waals surface area contributed by atoms with Crippen LogP contribution in [0.4, 0.5) is 5.13 Å². The number of anilines is 1. The second-order valence-electron chi connectivity index (χ2n) is 5.76. The third kappa shape index (κ3) is 4.18. The summed E-state index contributed by atoms with van der Waals surface area (Å²) in [6.07, 6.45) is 3.55. The number of hydrogen-bond acceptors (Lipinski definition) is 6. The van der Waals surface area contributed by atoms with Crippen LogP contribution in [0.2, 0.25) is 5.02 Å². The molecule has 4 nitrogen and oxygen atoms in total. The minimum Gasteiger partial charge on any atom is -0.497 e. The Labute approximate surface area is 170 Å². The quantitative estimate of drug-likeness (QED) is 0.359. The Morgan fingerprint density at radius 1 is 1.07 bits per heavy atom. The molecule has 2 aromatic carbocycles. The first kappa shape index (κ1) is 18.1. The lowest BCUT2D eigenvalue weighted by Crippen LogP contribution is -2.13. The average molecular weight is 414 g/mol. The maximum atomic E-state index is 6.25. The van der Waals surface area contributed by atoms with E-state index in [4.69, 9.17) is 16.3 Å². The number of halogens is 1. The van der Waals surface area contributed by atoms with Gasteiger partial charge in [0.25, 0.3) is 0 Å². The number of benzene rings is 2. The minimum atomic E-state index is 0.714. The first-order chi connectivity index (χ1) is 13.2. The molecule has 0 N–H and O–H groups in total. The molecular formula is C20H16ClN3OS2. The van der Waals surface area contributed by atoms with E-state index in [-0.39, 0.29) is 0 Å². The van der Waals surface area contributed by atoms with Gasteiger partial charge in [-0.05, 0) is 47.8 Å². The van der Waals surface area contributed by atoms with Gasteiger partial charge in [-0.2, -0.15) is 0 Å². The van der Waals surface area contributed by atoms with E-state index in [0.29, 0.717) is 5.02 Å². The van der Waals surface area contributed by atoms with Crippen LogP contribution in [0.15, 0.2) is 71.2 Å². The fourth-order valence-corrected chi connectivity index (χ4v) is 4.54. The minimum absolute atomic E-state index is 0.714. The van der Waals surface area contributed by atoms with Crippen LogP contribution in [0.3, 0.4) is 0 Å². The topological polar surface area (TPSA) is 38.2 Å². The number of ether oxygens (including phenoxy) is 1. The normalized spacial score (nSPS) is 10.9. The largest absolute Gasteiger partial charge is 0.497 e. The number of nitrogens with zero attached hydrogens (tertiary/aromatic N) is 3. The van der Waals surface area contributed by atoms with E-state index in [9.17, 15) is 0 Å². The highest BCUT2D eigenvalue weighted by Gasteiger charge is 2.13. The van der Waals surface area contributed by atoms with Crippen molar-refractivity contribution in [1.82, 2.24) is 9.97 Å².